The lowest BCUT2D eigenvalue weighted by Gasteiger charge is -2.08. The van der Waals surface area contributed by atoms with E-state index in [2.05, 4.69) is 0 Å². The Bertz CT molecular complexity index is 576. The Labute approximate surface area is 110 Å². The number of carboxylic acids is 1. The van der Waals surface area contributed by atoms with Crippen LogP contribution >= 0.6 is 11.6 Å². The second-order valence-corrected chi connectivity index (χ2v) is 4.16. The van der Waals surface area contributed by atoms with Gasteiger partial charge in [0, 0.05) is 5.02 Å². The molecule has 0 unspecified atom stereocenters. The zero-order valence-electron chi connectivity index (χ0n) is 9.68. The number of halogens is 1. The molecule has 0 atom stereocenters. The molecule has 18 heavy (non-hydrogen) atoms. The predicted molar refractivity (Wildman–Crippen MR) is 70.4 cm³/mol. The standard InChI is InChI=1S/C14H11ClO3/c1-18-11-6-7-12(13(8-11)14(16)17)9-2-4-10(15)5-3-9/h2-8H,1H3,(H,16,17). The summed E-state index contributed by atoms with van der Waals surface area (Å²) in [5.41, 5.74) is 1.65. The molecule has 0 aliphatic rings. The van der Waals surface area contributed by atoms with Crippen LogP contribution in [0.1, 0.15) is 10.4 Å². The Hall–Kier alpha value is -2.00. The minimum atomic E-state index is -0.987. The van der Waals surface area contributed by atoms with Gasteiger partial charge in [-0.2, -0.15) is 0 Å². The third-order valence-corrected chi connectivity index (χ3v) is 2.86. The van der Waals surface area contributed by atoms with Crippen LogP contribution in [0.25, 0.3) is 11.1 Å². The summed E-state index contributed by atoms with van der Waals surface area (Å²) in [6.07, 6.45) is 0. The van der Waals surface area contributed by atoms with Gasteiger partial charge < -0.3 is 9.84 Å². The van der Waals surface area contributed by atoms with Crippen molar-refractivity contribution in [2.45, 2.75) is 0 Å². The van der Waals surface area contributed by atoms with Gasteiger partial charge in [0.1, 0.15) is 5.75 Å². The number of benzene rings is 2. The van der Waals surface area contributed by atoms with Crippen LogP contribution in [0, 0.1) is 0 Å². The summed E-state index contributed by atoms with van der Waals surface area (Å²) in [5.74, 6) is -0.469. The van der Waals surface area contributed by atoms with E-state index >= 15 is 0 Å². The van der Waals surface area contributed by atoms with Gasteiger partial charge in [0.15, 0.2) is 0 Å². The summed E-state index contributed by atoms with van der Waals surface area (Å²) in [6, 6.07) is 12.0. The molecule has 0 aliphatic carbocycles. The predicted octanol–water partition coefficient (Wildman–Crippen LogP) is 3.71. The molecule has 0 bridgehead atoms. The Morgan fingerprint density at radius 2 is 1.83 bits per heavy atom. The smallest absolute Gasteiger partial charge is 0.336 e. The van der Waals surface area contributed by atoms with Gasteiger partial charge in [0.2, 0.25) is 0 Å². The van der Waals surface area contributed by atoms with Crippen LogP contribution in [-0.4, -0.2) is 18.2 Å². The fraction of sp³-hybridized carbons (Fsp3) is 0.0714. The van der Waals surface area contributed by atoms with Crippen molar-refractivity contribution in [3.05, 3.63) is 53.1 Å². The van der Waals surface area contributed by atoms with Gasteiger partial charge in [-0.25, -0.2) is 4.79 Å². The van der Waals surface area contributed by atoms with E-state index in [1.165, 1.54) is 13.2 Å². The van der Waals surface area contributed by atoms with Crippen LogP contribution in [0.15, 0.2) is 42.5 Å². The summed E-state index contributed by atoms with van der Waals surface area (Å²) in [7, 11) is 1.50. The largest absolute Gasteiger partial charge is 0.497 e. The van der Waals surface area contributed by atoms with Crippen LogP contribution in [0.3, 0.4) is 0 Å². The van der Waals surface area contributed by atoms with Crippen LogP contribution in [0.5, 0.6) is 5.75 Å². The quantitative estimate of drug-likeness (QED) is 0.917. The second-order valence-electron chi connectivity index (χ2n) is 3.72. The SMILES string of the molecule is COc1ccc(-c2ccc(Cl)cc2)c(C(=O)O)c1. The third-order valence-electron chi connectivity index (χ3n) is 2.61. The zero-order chi connectivity index (χ0) is 13.1. The van der Waals surface area contributed by atoms with E-state index in [4.69, 9.17) is 16.3 Å². The molecule has 2 aromatic carbocycles. The van der Waals surface area contributed by atoms with Gasteiger partial charge in [0.25, 0.3) is 0 Å². The molecule has 4 heteroatoms. The molecule has 0 saturated heterocycles. The maximum Gasteiger partial charge on any atom is 0.336 e. The zero-order valence-corrected chi connectivity index (χ0v) is 10.4. The minimum absolute atomic E-state index is 0.205. The van der Waals surface area contributed by atoms with Crippen molar-refractivity contribution in [2.24, 2.45) is 0 Å². The highest BCUT2D eigenvalue weighted by molar-refractivity contribution is 6.30. The molecule has 0 aliphatic heterocycles. The number of ether oxygens (including phenoxy) is 1. The van der Waals surface area contributed by atoms with Crippen LogP contribution < -0.4 is 4.74 Å². The number of methoxy groups -OCH3 is 1. The number of aromatic carboxylic acids is 1. The van der Waals surface area contributed by atoms with Gasteiger partial charge in [-0.05, 0) is 41.5 Å². The lowest BCUT2D eigenvalue weighted by molar-refractivity contribution is 0.0697. The second kappa shape index (κ2) is 5.10. The van der Waals surface area contributed by atoms with Crippen molar-refractivity contribution in [2.75, 3.05) is 7.11 Å². The van der Waals surface area contributed by atoms with E-state index < -0.39 is 5.97 Å². The number of rotatable bonds is 3. The summed E-state index contributed by atoms with van der Waals surface area (Å²) in [5, 5.41) is 9.83. The maximum atomic E-state index is 11.2. The first-order valence-corrected chi connectivity index (χ1v) is 5.67. The first kappa shape index (κ1) is 12.5. The highest BCUT2D eigenvalue weighted by atomic mass is 35.5. The van der Waals surface area contributed by atoms with Gasteiger partial charge >= 0.3 is 5.97 Å². The van der Waals surface area contributed by atoms with E-state index in [0.717, 1.165) is 5.56 Å². The topological polar surface area (TPSA) is 46.5 Å². The Balaban J connectivity index is 2.56. The molecule has 2 rings (SSSR count). The summed E-state index contributed by atoms with van der Waals surface area (Å²) < 4.78 is 5.03. The van der Waals surface area contributed by atoms with Crippen molar-refractivity contribution in [1.82, 2.24) is 0 Å². The molecular weight excluding hydrogens is 252 g/mol. The number of carboxylic acid groups (broad SMARTS) is 1. The fourth-order valence-corrected chi connectivity index (χ4v) is 1.83. The molecule has 2 aromatic rings. The number of hydrogen-bond acceptors (Lipinski definition) is 2. The Morgan fingerprint density at radius 1 is 1.17 bits per heavy atom. The van der Waals surface area contributed by atoms with Gasteiger partial charge in [-0.1, -0.05) is 23.7 Å². The van der Waals surface area contributed by atoms with Crippen molar-refractivity contribution in [3.63, 3.8) is 0 Å². The van der Waals surface area contributed by atoms with Crippen LogP contribution in [0.2, 0.25) is 5.02 Å². The number of carbonyl (C=O) groups is 1. The number of hydrogen-bond donors (Lipinski definition) is 1. The average molecular weight is 263 g/mol. The first-order valence-electron chi connectivity index (χ1n) is 5.29. The fourth-order valence-electron chi connectivity index (χ4n) is 1.71. The van der Waals surface area contributed by atoms with Gasteiger partial charge in [-0.15, -0.1) is 0 Å². The van der Waals surface area contributed by atoms with Crippen molar-refractivity contribution >= 4 is 17.6 Å². The molecule has 0 amide bonds. The Kier molecular flexibility index (Phi) is 3.53. The molecule has 3 nitrogen and oxygen atoms in total. The third kappa shape index (κ3) is 2.46. The molecule has 0 heterocycles. The van der Waals surface area contributed by atoms with Gasteiger partial charge in [-0.3, -0.25) is 0 Å². The molecule has 92 valence electrons. The molecule has 0 saturated carbocycles. The summed E-state index contributed by atoms with van der Waals surface area (Å²) in [4.78, 5) is 11.2. The Morgan fingerprint density at radius 3 is 2.39 bits per heavy atom. The normalized spacial score (nSPS) is 10.1. The van der Waals surface area contributed by atoms with E-state index in [9.17, 15) is 9.90 Å². The van der Waals surface area contributed by atoms with E-state index in [1.54, 1.807) is 36.4 Å². The van der Waals surface area contributed by atoms with Gasteiger partial charge in [0.05, 0.1) is 12.7 Å². The summed E-state index contributed by atoms with van der Waals surface area (Å²) >= 11 is 5.81. The van der Waals surface area contributed by atoms with E-state index in [1.807, 2.05) is 0 Å². The molecular formula is C14H11ClO3. The molecule has 1 N–H and O–H groups in total. The average Bonchev–Trinajstić information content (AvgIpc) is 2.39. The monoisotopic (exact) mass is 262 g/mol. The van der Waals surface area contributed by atoms with Crippen molar-refractivity contribution in [1.29, 1.82) is 0 Å². The lowest BCUT2D eigenvalue weighted by atomic mass is 9.99. The molecule has 0 fully saturated rings. The van der Waals surface area contributed by atoms with Crippen LogP contribution in [-0.2, 0) is 0 Å². The minimum Gasteiger partial charge on any atom is -0.497 e. The molecule has 0 spiro atoms. The lowest BCUT2D eigenvalue weighted by Crippen LogP contribution is -2.00. The highest BCUT2D eigenvalue weighted by Gasteiger charge is 2.12. The maximum absolute atomic E-state index is 11.2. The van der Waals surface area contributed by atoms with Crippen molar-refractivity contribution < 1.29 is 14.6 Å². The van der Waals surface area contributed by atoms with Crippen molar-refractivity contribution in [3.8, 4) is 16.9 Å². The molecule has 0 aromatic heterocycles. The van der Waals surface area contributed by atoms with Crippen LogP contribution in [0.4, 0.5) is 0 Å². The summed E-state index contributed by atoms with van der Waals surface area (Å²) in [6.45, 7) is 0. The van der Waals surface area contributed by atoms with E-state index in [-0.39, 0.29) is 5.56 Å². The van der Waals surface area contributed by atoms with E-state index in [0.29, 0.717) is 16.3 Å². The molecule has 0 radical (unpaired) electrons. The first-order chi connectivity index (χ1) is 8.61. The highest BCUT2D eigenvalue weighted by Crippen LogP contribution is 2.28.